The van der Waals surface area contributed by atoms with Crippen molar-refractivity contribution in [1.82, 2.24) is 9.55 Å². The van der Waals surface area contributed by atoms with Crippen molar-refractivity contribution in [3.05, 3.63) is 48.3 Å². The molecule has 16 heavy (non-hydrogen) atoms. The molecule has 4 rings (SSSR count). The molecule has 1 aliphatic heterocycles. The molecule has 2 aromatic heterocycles. The molecule has 0 bridgehead atoms. The lowest BCUT2D eigenvalue weighted by Gasteiger charge is -2.03. The number of nitrogens with zero attached hydrogens (tertiary/aromatic N) is 2. The molecule has 3 heterocycles. The SMILES string of the molecule is C1=Cc2cc3cnc4ccccc4c3n2C1. The van der Waals surface area contributed by atoms with Crippen LogP contribution in [0.5, 0.6) is 0 Å². The summed E-state index contributed by atoms with van der Waals surface area (Å²) in [5.74, 6) is 0. The first-order valence-electron chi connectivity index (χ1n) is 5.47. The Hall–Kier alpha value is -2.09. The number of hydrogen-bond acceptors (Lipinski definition) is 1. The van der Waals surface area contributed by atoms with Gasteiger partial charge in [0.15, 0.2) is 0 Å². The number of rotatable bonds is 0. The number of hydrogen-bond donors (Lipinski definition) is 0. The van der Waals surface area contributed by atoms with E-state index in [1.54, 1.807) is 0 Å². The predicted molar refractivity (Wildman–Crippen MR) is 66.3 cm³/mol. The van der Waals surface area contributed by atoms with E-state index in [4.69, 9.17) is 0 Å². The lowest BCUT2D eigenvalue weighted by molar-refractivity contribution is 0.885. The Labute approximate surface area is 92.8 Å². The Morgan fingerprint density at radius 2 is 2.12 bits per heavy atom. The molecular weight excluding hydrogens is 196 g/mol. The highest BCUT2D eigenvalue weighted by atomic mass is 15.0. The lowest BCUT2D eigenvalue weighted by atomic mass is 10.1. The van der Waals surface area contributed by atoms with Gasteiger partial charge in [0.1, 0.15) is 0 Å². The fraction of sp³-hybridized carbons (Fsp3) is 0.0714. The fourth-order valence-electron chi connectivity index (χ4n) is 2.53. The number of benzene rings is 1. The van der Waals surface area contributed by atoms with Gasteiger partial charge in [0, 0.05) is 29.2 Å². The van der Waals surface area contributed by atoms with Crippen LogP contribution in [0, 0.1) is 0 Å². The van der Waals surface area contributed by atoms with Crippen LogP contribution in [0.25, 0.3) is 27.9 Å². The van der Waals surface area contributed by atoms with Gasteiger partial charge >= 0.3 is 0 Å². The largest absolute Gasteiger partial charge is 0.336 e. The van der Waals surface area contributed by atoms with Gasteiger partial charge < -0.3 is 4.57 Å². The van der Waals surface area contributed by atoms with E-state index in [0.29, 0.717) is 0 Å². The third kappa shape index (κ3) is 0.890. The maximum Gasteiger partial charge on any atom is 0.0723 e. The van der Waals surface area contributed by atoms with Crippen LogP contribution in [-0.2, 0) is 6.54 Å². The lowest BCUT2D eigenvalue weighted by Crippen LogP contribution is -1.92. The predicted octanol–water partition coefficient (Wildman–Crippen LogP) is 3.22. The van der Waals surface area contributed by atoms with E-state index in [1.807, 2.05) is 12.3 Å². The van der Waals surface area contributed by atoms with Gasteiger partial charge in [-0.1, -0.05) is 24.3 Å². The first-order chi connectivity index (χ1) is 7.93. The second-order valence-corrected chi connectivity index (χ2v) is 4.16. The summed E-state index contributed by atoms with van der Waals surface area (Å²) < 4.78 is 2.35. The zero-order chi connectivity index (χ0) is 10.5. The van der Waals surface area contributed by atoms with Gasteiger partial charge in [0.2, 0.25) is 0 Å². The van der Waals surface area contributed by atoms with E-state index < -0.39 is 0 Å². The monoisotopic (exact) mass is 206 g/mol. The third-order valence-corrected chi connectivity index (χ3v) is 3.24. The molecule has 0 saturated carbocycles. The zero-order valence-electron chi connectivity index (χ0n) is 8.72. The van der Waals surface area contributed by atoms with Crippen molar-refractivity contribution >= 4 is 27.9 Å². The highest BCUT2D eigenvalue weighted by molar-refractivity contribution is 6.04. The molecule has 0 N–H and O–H groups in total. The van der Waals surface area contributed by atoms with Crippen molar-refractivity contribution in [2.75, 3.05) is 0 Å². The molecule has 0 fully saturated rings. The summed E-state index contributed by atoms with van der Waals surface area (Å²) >= 11 is 0. The van der Waals surface area contributed by atoms with Crippen molar-refractivity contribution in [2.24, 2.45) is 0 Å². The summed E-state index contributed by atoms with van der Waals surface area (Å²) in [6.45, 7) is 0.979. The molecule has 0 atom stereocenters. The average Bonchev–Trinajstić information content (AvgIpc) is 2.88. The minimum atomic E-state index is 0.979. The second-order valence-electron chi connectivity index (χ2n) is 4.16. The average molecular weight is 206 g/mol. The molecule has 1 aliphatic rings. The van der Waals surface area contributed by atoms with Crippen LogP contribution >= 0.6 is 0 Å². The standard InChI is InChI=1S/C14H10N2/c1-2-6-13-12(5-1)14-10(9-15-13)8-11-4-3-7-16(11)14/h1-6,8-9H,7H2. The highest BCUT2D eigenvalue weighted by Crippen LogP contribution is 2.29. The first kappa shape index (κ1) is 8.11. The molecule has 2 nitrogen and oxygen atoms in total. The van der Waals surface area contributed by atoms with Crippen LogP contribution in [0.1, 0.15) is 5.69 Å². The molecule has 0 spiro atoms. The molecule has 76 valence electrons. The minimum Gasteiger partial charge on any atom is -0.336 e. The number of allylic oxidation sites excluding steroid dienone is 1. The van der Waals surface area contributed by atoms with Crippen LogP contribution in [-0.4, -0.2) is 9.55 Å². The molecular formula is C14H10N2. The van der Waals surface area contributed by atoms with Gasteiger partial charge in [-0.25, -0.2) is 0 Å². The van der Waals surface area contributed by atoms with E-state index >= 15 is 0 Å². The maximum absolute atomic E-state index is 4.48. The van der Waals surface area contributed by atoms with Crippen molar-refractivity contribution in [1.29, 1.82) is 0 Å². The van der Waals surface area contributed by atoms with Crippen LogP contribution in [0.15, 0.2) is 42.6 Å². The van der Waals surface area contributed by atoms with Crippen LogP contribution in [0.2, 0.25) is 0 Å². The van der Waals surface area contributed by atoms with Gasteiger partial charge in [-0.2, -0.15) is 0 Å². The van der Waals surface area contributed by atoms with Crippen molar-refractivity contribution in [3.8, 4) is 0 Å². The molecule has 0 unspecified atom stereocenters. The minimum absolute atomic E-state index is 0.979. The van der Waals surface area contributed by atoms with Crippen molar-refractivity contribution in [3.63, 3.8) is 0 Å². The number of aromatic nitrogens is 2. The van der Waals surface area contributed by atoms with Gasteiger partial charge in [0.25, 0.3) is 0 Å². The van der Waals surface area contributed by atoms with Crippen molar-refractivity contribution in [2.45, 2.75) is 6.54 Å². The van der Waals surface area contributed by atoms with Crippen molar-refractivity contribution < 1.29 is 0 Å². The van der Waals surface area contributed by atoms with E-state index in [0.717, 1.165) is 12.1 Å². The Kier molecular flexibility index (Phi) is 1.38. The summed E-state index contributed by atoms with van der Waals surface area (Å²) in [5, 5.41) is 2.48. The summed E-state index contributed by atoms with van der Waals surface area (Å²) in [5.41, 5.74) is 3.67. The normalized spacial score (nSPS) is 13.8. The maximum atomic E-state index is 4.48. The van der Waals surface area contributed by atoms with Gasteiger partial charge in [0.05, 0.1) is 11.0 Å². The van der Waals surface area contributed by atoms with E-state index in [1.165, 1.54) is 22.0 Å². The Morgan fingerprint density at radius 3 is 3.12 bits per heavy atom. The smallest absolute Gasteiger partial charge is 0.0723 e. The topological polar surface area (TPSA) is 17.8 Å². The summed E-state index contributed by atoms with van der Waals surface area (Å²) in [7, 11) is 0. The summed E-state index contributed by atoms with van der Waals surface area (Å²) in [4.78, 5) is 4.48. The van der Waals surface area contributed by atoms with Gasteiger partial charge in [-0.3, -0.25) is 4.98 Å². The molecule has 2 heteroatoms. The number of pyridine rings is 1. The second kappa shape index (κ2) is 2.73. The quantitative estimate of drug-likeness (QED) is 0.552. The molecule has 0 aliphatic carbocycles. The van der Waals surface area contributed by atoms with E-state index in [2.05, 4.69) is 46.0 Å². The first-order valence-corrected chi connectivity index (χ1v) is 5.47. The van der Waals surface area contributed by atoms with Crippen LogP contribution < -0.4 is 0 Å². The molecule has 3 aromatic rings. The zero-order valence-corrected chi connectivity index (χ0v) is 8.72. The molecule has 0 radical (unpaired) electrons. The van der Waals surface area contributed by atoms with Gasteiger partial charge in [-0.15, -0.1) is 0 Å². The number of para-hydroxylation sites is 1. The highest BCUT2D eigenvalue weighted by Gasteiger charge is 2.12. The molecule has 0 saturated heterocycles. The molecule has 0 amide bonds. The Bertz CT molecular complexity index is 735. The summed E-state index contributed by atoms with van der Waals surface area (Å²) in [6.07, 6.45) is 6.34. The number of fused-ring (bicyclic) bond motifs is 5. The molecule has 1 aromatic carbocycles. The van der Waals surface area contributed by atoms with E-state index in [-0.39, 0.29) is 0 Å². The van der Waals surface area contributed by atoms with Gasteiger partial charge in [-0.05, 0) is 18.2 Å². The Morgan fingerprint density at radius 1 is 1.19 bits per heavy atom. The third-order valence-electron chi connectivity index (χ3n) is 3.24. The fourth-order valence-corrected chi connectivity index (χ4v) is 2.53. The Balaban J connectivity index is 2.29. The van der Waals surface area contributed by atoms with E-state index in [9.17, 15) is 0 Å². The van der Waals surface area contributed by atoms with Crippen LogP contribution in [0.3, 0.4) is 0 Å². The van der Waals surface area contributed by atoms with Crippen LogP contribution in [0.4, 0.5) is 0 Å². The summed E-state index contributed by atoms with van der Waals surface area (Å²) in [6, 6.07) is 10.5.